The van der Waals surface area contributed by atoms with Gasteiger partial charge in [0.15, 0.2) is 0 Å². The highest BCUT2D eigenvalue weighted by atomic mass is 19.4. The highest BCUT2D eigenvalue weighted by Crippen LogP contribution is 2.30. The number of urea groups is 1. The number of alkyl halides is 3. The maximum atomic E-state index is 12.3. The van der Waals surface area contributed by atoms with Gasteiger partial charge in [-0.15, -0.1) is 0 Å². The Morgan fingerprint density at radius 3 is 2.62 bits per heavy atom. The third-order valence-corrected chi connectivity index (χ3v) is 3.20. The summed E-state index contributed by atoms with van der Waals surface area (Å²) in [6.07, 6.45) is -3.99. The number of hydrogen-bond donors (Lipinski definition) is 1. The fourth-order valence-corrected chi connectivity index (χ4v) is 2.25. The summed E-state index contributed by atoms with van der Waals surface area (Å²) in [5.74, 6) is -1.15. The molecule has 0 radical (unpaired) electrons. The fourth-order valence-electron chi connectivity index (χ4n) is 2.25. The first-order valence-corrected chi connectivity index (χ1v) is 6.14. The molecule has 5 nitrogen and oxygen atoms in total. The molecule has 8 heteroatoms. The zero-order chi connectivity index (χ0) is 15.8. The molecule has 1 aliphatic rings. The van der Waals surface area contributed by atoms with E-state index in [1.807, 2.05) is 0 Å². The predicted octanol–water partition coefficient (Wildman–Crippen LogP) is 2.36. The van der Waals surface area contributed by atoms with Crippen LogP contribution in [0.15, 0.2) is 18.2 Å². The van der Waals surface area contributed by atoms with E-state index >= 15 is 0 Å². The van der Waals surface area contributed by atoms with Gasteiger partial charge in [-0.2, -0.15) is 13.2 Å². The van der Waals surface area contributed by atoms with Crippen LogP contribution < -0.4 is 4.90 Å². The van der Waals surface area contributed by atoms with E-state index in [9.17, 15) is 22.8 Å². The van der Waals surface area contributed by atoms with Gasteiger partial charge in [-0.1, -0.05) is 6.07 Å². The minimum Gasteiger partial charge on any atom is -0.478 e. The van der Waals surface area contributed by atoms with E-state index in [4.69, 9.17) is 5.11 Å². The number of benzene rings is 1. The first-order chi connectivity index (χ1) is 9.69. The summed E-state index contributed by atoms with van der Waals surface area (Å²) in [4.78, 5) is 24.8. The second kappa shape index (κ2) is 5.27. The average molecular weight is 302 g/mol. The molecule has 0 fully saturated rings. The Balaban J connectivity index is 2.23. The lowest BCUT2D eigenvalue weighted by Crippen LogP contribution is -2.44. The molecule has 1 aromatic rings. The summed E-state index contributed by atoms with van der Waals surface area (Å²) in [5.41, 5.74) is 1.09. The van der Waals surface area contributed by atoms with E-state index in [2.05, 4.69) is 0 Å². The van der Waals surface area contributed by atoms with E-state index in [1.165, 1.54) is 17.0 Å². The Bertz CT molecular complexity index is 587. The van der Waals surface area contributed by atoms with E-state index in [-0.39, 0.29) is 12.1 Å². The summed E-state index contributed by atoms with van der Waals surface area (Å²) in [6, 6.07) is 3.50. The van der Waals surface area contributed by atoms with Crippen molar-refractivity contribution in [2.45, 2.75) is 12.6 Å². The highest BCUT2D eigenvalue weighted by molar-refractivity contribution is 5.96. The van der Waals surface area contributed by atoms with Crippen molar-refractivity contribution >= 4 is 17.7 Å². The Hall–Kier alpha value is -2.25. The maximum absolute atomic E-state index is 12.3. The van der Waals surface area contributed by atoms with Crippen LogP contribution in [0.2, 0.25) is 0 Å². The molecular formula is C13H13F3N2O3. The Labute approximate surface area is 118 Å². The van der Waals surface area contributed by atoms with Crippen molar-refractivity contribution in [1.82, 2.24) is 4.90 Å². The van der Waals surface area contributed by atoms with Crippen molar-refractivity contribution in [3.8, 4) is 0 Å². The number of amides is 2. The number of carbonyl (C=O) groups is 2. The van der Waals surface area contributed by atoms with E-state index in [0.29, 0.717) is 17.0 Å². The minimum atomic E-state index is -4.48. The Morgan fingerprint density at radius 2 is 2.05 bits per heavy atom. The maximum Gasteiger partial charge on any atom is 0.406 e. The summed E-state index contributed by atoms with van der Waals surface area (Å²) in [5, 5.41) is 8.94. The summed E-state index contributed by atoms with van der Waals surface area (Å²) >= 11 is 0. The topological polar surface area (TPSA) is 60.9 Å². The van der Waals surface area contributed by atoms with Crippen LogP contribution in [0.4, 0.5) is 23.7 Å². The molecule has 0 saturated carbocycles. The summed E-state index contributed by atoms with van der Waals surface area (Å²) < 4.78 is 37.0. The molecule has 0 saturated heterocycles. The molecular weight excluding hydrogens is 289 g/mol. The number of rotatable bonds is 2. The van der Waals surface area contributed by atoms with Crippen molar-refractivity contribution in [3.05, 3.63) is 29.3 Å². The van der Waals surface area contributed by atoms with Crippen molar-refractivity contribution in [2.75, 3.05) is 25.0 Å². The second-order valence-corrected chi connectivity index (χ2v) is 4.80. The molecule has 1 aromatic carbocycles. The van der Waals surface area contributed by atoms with E-state index in [0.717, 1.165) is 12.6 Å². The zero-order valence-corrected chi connectivity index (χ0v) is 11.1. The number of nitrogens with zero attached hydrogens (tertiary/aromatic N) is 2. The van der Waals surface area contributed by atoms with Gasteiger partial charge in [0.25, 0.3) is 0 Å². The molecule has 1 N–H and O–H groups in total. The molecule has 1 heterocycles. The van der Waals surface area contributed by atoms with Gasteiger partial charge in [0, 0.05) is 19.3 Å². The SMILES string of the molecule is CN(CC(F)(F)F)C(=O)N1CCc2ccc(C(=O)O)cc21. The van der Waals surface area contributed by atoms with Crippen molar-refractivity contribution < 1.29 is 27.9 Å². The fraction of sp³-hybridized carbons (Fsp3) is 0.385. The normalized spacial score (nSPS) is 14.0. The van der Waals surface area contributed by atoms with E-state index in [1.54, 1.807) is 6.07 Å². The van der Waals surface area contributed by atoms with Crippen LogP contribution >= 0.6 is 0 Å². The van der Waals surface area contributed by atoms with Crippen LogP contribution in [0.1, 0.15) is 15.9 Å². The number of carbonyl (C=O) groups excluding carboxylic acids is 1. The van der Waals surface area contributed by atoms with Crippen LogP contribution in [0, 0.1) is 0 Å². The number of aromatic carboxylic acids is 1. The van der Waals surface area contributed by atoms with Crippen molar-refractivity contribution in [2.24, 2.45) is 0 Å². The van der Waals surface area contributed by atoms with Gasteiger partial charge in [0.2, 0.25) is 0 Å². The molecule has 0 aliphatic carbocycles. The van der Waals surface area contributed by atoms with E-state index < -0.39 is 24.7 Å². The first kappa shape index (κ1) is 15.1. The zero-order valence-electron chi connectivity index (χ0n) is 11.1. The van der Waals surface area contributed by atoms with Crippen molar-refractivity contribution in [1.29, 1.82) is 0 Å². The standard InChI is InChI=1S/C13H13F3N2O3/c1-17(7-13(14,15)16)12(21)18-5-4-8-2-3-9(11(19)20)6-10(8)18/h2-3,6H,4-5,7H2,1H3,(H,19,20). The van der Waals surface area contributed by atoms with Gasteiger partial charge < -0.3 is 10.0 Å². The number of anilines is 1. The monoisotopic (exact) mass is 302 g/mol. The second-order valence-electron chi connectivity index (χ2n) is 4.80. The lowest BCUT2D eigenvalue weighted by Gasteiger charge is -2.26. The summed E-state index contributed by atoms with van der Waals surface area (Å²) in [7, 11) is 1.06. The summed E-state index contributed by atoms with van der Waals surface area (Å²) in [6.45, 7) is -1.12. The average Bonchev–Trinajstić information content (AvgIpc) is 2.78. The third kappa shape index (κ3) is 3.26. The largest absolute Gasteiger partial charge is 0.478 e. The molecule has 2 amide bonds. The van der Waals surface area contributed by atoms with Crippen molar-refractivity contribution in [3.63, 3.8) is 0 Å². The number of carboxylic acid groups (broad SMARTS) is 1. The molecule has 0 unspecified atom stereocenters. The van der Waals surface area contributed by atoms with Gasteiger partial charge in [-0.05, 0) is 24.1 Å². The molecule has 1 aliphatic heterocycles. The van der Waals surface area contributed by atoms with Crippen LogP contribution in [0.3, 0.4) is 0 Å². The Morgan fingerprint density at radius 1 is 1.38 bits per heavy atom. The lowest BCUT2D eigenvalue weighted by atomic mass is 10.1. The predicted molar refractivity (Wildman–Crippen MR) is 68.5 cm³/mol. The smallest absolute Gasteiger partial charge is 0.406 e. The molecule has 2 rings (SSSR count). The molecule has 0 aromatic heterocycles. The number of fused-ring (bicyclic) bond motifs is 1. The van der Waals surface area contributed by atoms with Gasteiger partial charge in [0.05, 0.1) is 5.56 Å². The molecule has 0 atom stereocenters. The molecule has 0 spiro atoms. The van der Waals surface area contributed by atoms with Crippen LogP contribution in [-0.4, -0.2) is 48.3 Å². The van der Waals surface area contributed by atoms with Crippen LogP contribution in [0.25, 0.3) is 0 Å². The first-order valence-electron chi connectivity index (χ1n) is 6.14. The quantitative estimate of drug-likeness (QED) is 0.912. The third-order valence-electron chi connectivity index (χ3n) is 3.20. The molecule has 0 bridgehead atoms. The number of carboxylic acids is 1. The van der Waals surface area contributed by atoms with Gasteiger partial charge in [0.1, 0.15) is 6.54 Å². The lowest BCUT2D eigenvalue weighted by molar-refractivity contribution is -0.137. The van der Waals surface area contributed by atoms with Gasteiger partial charge in [-0.25, -0.2) is 9.59 Å². The van der Waals surface area contributed by atoms with Crippen LogP contribution in [-0.2, 0) is 6.42 Å². The number of hydrogen-bond acceptors (Lipinski definition) is 2. The van der Waals surface area contributed by atoms with Gasteiger partial charge in [-0.3, -0.25) is 4.90 Å². The molecule has 114 valence electrons. The van der Waals surface area contributed by atoms with Gasteiger partial charge >= 0.3 is 18.2 Å². The molecule has 21 heavy (non-hydrogen) atoms. The minimum absolute atomic E-state index is 0.00748. The highest BCUT2D eigenvalue weighted by Gasteiger charge is 2.34. The van der Waals surface area contributed by atoms with Crippen LogP contribution in [0.5, 0.6) is 0 Å². The number of halogens is 3. The Kier molecular flexibility index (Phi) is 3.80.